The molecule has 2 nitrogen and oxygen atoms in total. The third kappa shape index (κ3) is 5.77. The van der Waals surface area contributed by atoms with Gasteiger partial charge in [-0.3, -0.25) is 0 Å². The number of hydrogen-bond acceptors (Lipinski definition) is 2. The zero-order valence-electron chi connectivity index (χ0n) is 35.0. The van der Waals surface area contributed by atoms with Crippen molar-refractivity contribution in [2.75, 3.05) is 4.90 Å². The first kappa shape index (κ1) is 36.7. The lowest BCUT2D eigenvalue weighted by Crippen LogP contribution is -2.22. The average molecular weight is 798 g/mol. The number of fused-ring (bicyclic) bond motifs is 7. The SMILES string of the molecule is CC1(c2ccccc2)c2ccccc2-c2c(-c3ccc(N(c4ccc5oc6ccccc6c5c4)c4ccccc4-c4cccc5cccc(C6CCCCC6)c45)cc3)cccc21. The van der Waals surface area contributed by atoms with E-state index in [-0.39, 0.29) is 5.41 Å². The zero-order valence-corrected chi connectivity index (χ0v) is 35.0. The molecule has 1 heterocycles. The van der Waals surface area contributed by atoms with Gasteiger partial charge in [0.2, 0.25) is 0 Å². The Labute approximate surface area is 363 Å². The molecule has 1 fully saturated rings. The summed E-state index contributed by atoms with van der Waals surface area (Å²) >= 11 is 0. The summed E-state index contributed by atoms with van der Waals surface area (Å²) in [5, 5.41) is 4.94. The minimum absolute atomic E-state index is 0.252. The van der Waals surface area contributed by atoms with E-state index in [2.05, 4.69) is 206 Å². The van der Waals surface area contributed by atoms with Crippen LogP contribution < -0.4 is 4.90 Å². The highest BCUT2D eigenvalue weighted by Gasteiger charge is 2.41. The maximum atomic E-state index is 6.36. The fraction of sp³-hybridized carbons (Fsp3) is 0.133. The van der Waals surface area contributed by atoms with Gasteiger partial charge in [-0.25, -0.2) is 0 Å². The van der Waals surface area contributed by atoms with Gasteiger partial charge in [0.25, 0.3) is 0 Å². The molecule has 0 amide bonds. The normalized spacial score (nSPS) is 16.1. The Bertz CT molecular complexity index is 3290. The lowest BCUT2D eigenvalue weighted by Gasteiger charge is -2.29. The summed E-state index contributed by atoms with van der Waals surface area (Å²) in [5.41, 5.74) is 18.0. The summed E-state index contributed by atoms with van der Waals surface area (Å²) in [6, 6.07) is 74.1. The van der Waals surface area contributed by atoms with Gasteiger partial charge in [0, 0.05) is 33.1 Å². The summed E-state index contributed by atoms with van der Waals surface area (Å²) in [5.74, 6) is 0.582. The predicted octanol–water partition coefficient (Wildman–Crippen LogP) is 16.9. The van der Waals surface area contributed by atoms with Crippen LogP contribution in [0.2, 0.25) is 0 Å². The maximum Gasteiger partial charge on any atom is 0.135 e. The number of nitrogens with zero attached hydrogens (tertiary/aromatic N) is 1. The van der Waals surface area contributed by atoms with Crippen molar-refractivity contribution < 1.29 is 4.42 Å². The monoisotopic (exact) mass is 797 g/mol. The van der Waals surface area contributed by atoms with E-state index in [0.717, 1.165) is 39.0 Å². The molecule has 2 aliphatic carbocycles. The molecule has 1 atom stereocenters. The second-order valence-electron chi connectivity index (χ2n) is 17.5. The second kappa shape index (κ2) is 14.8. The van der Waals surface area contributed by atoms with Crippen LogP contribution in [0, 0.1) is 0 Å². The van der Waals surface area contributed by atoms with Crippen molar-refractivity contribution in [2.45, 2.75) is 50.4 Å². The lowest BCUT2D eigenvalue weighted by molar-refractivity contribution is 0.445. The average Bonchev–Trinajstić information content (AvgIpc) is 3.85. The van der Waals surface area contributed by atoms with Gasteiger partial charge < -0.3 is 9.32 Å². The predicted molar refractivity (Wildman–Crippen MR) is 260 cm³/mol. The van der Waals surface area contributed by atoms with Crippen molar-refractivity contribution in [1.29, 1.82) is 0 Å². The van der Waals surface area contributed by atoms with Crippen molar-refractivity contribution >= 4 is 49.8 Å². The number of benzene rings is 9. The van der Waals surface area contributed by atoms with Crippen LogP contribution in [0.3, 0.4) is 0 Å². The van der Waals surface area contributed by atoms with Crippen molar-refractivity contribution in [2.24, 2.45) is 0 Å². The van der Waals surface area contributed by atoms with Gasteiger partial charge in [-0.1, -0.05) is 177 Å². The fourth-order valence-corrected chi connectivity index (χ4v) is 11.2. The molecule has 12 rings (SSSR count). The highest BCUT2D eigenvalue weighted by atomic mass is 16.3. The van der Waals surface area contributed by atoms with Gasteiger partial charge >= 0.3 is 0 Å². The molecule has 0 N–H and O–H groups in total. The Morgan fingerprint density at radius 2 is 1.13 bits per heavy atom. The van der Waals surface area contributed by atoms with Crippen molar-refractivity contribution in [3.05, 3.63) is 222 Å². The minimum Gasteiger partial charge on any atom is -0.456 e. The molecule has 0 radical (unpaired) electrons. The van der Waals surface area contributed by atoms with E-state index in [1.807, 2.05) is 6.07 Å². The number of furan rings is 1. The van der Waals surface area contributed by atoms with Crippen molar-refractivity contribution in [3.8, 4) is 33.4 Å². The largest absolute Gasteiger partial charge is 0.456 e. The highest BCUT2D eigenvalue weighted by molar-refractivity contribution is 6.08. The molecule has 1 unspecified atom stereocenters. The van der Waals surface area contributed by atoms with E-state index in [1.165, 1.54) is 98.5 Å². The van der Waals surface area contributed by atoms with Crippen LogP contribution >= 0.6 is 0 Å². The van der Waals surface area contributed by atoms with Gasteiger partial charge in [-0.2, -0.15) is 0 Å². The first-order valence-electron chi connectivity index (χ1n) is 22.4. The summed E-state index contributed by atoms with van der Waals surface area (Å²) in [6.07, 6.45) is 6.47. The first-order chi connectivity index (χ1) is 30.6. The second-order valence-corrected chi connectivity index (χ2v) is 17.5. The molecule has 10 aromatic rings. The molecule has 298 valence electrons. The molecule has 1 saturated carbocycles. The van der Waals surface area contributed by atoms with E-state index < -0.39 is 0 Å². The topological polar surface area (TPSA) is 16.4 Å². The molecule has 0 bridgehead atoms. The number of rotatable bonds is 7. The lowest BCUT2D eigenvalue weighted by atomic mass is 9.74. The Morgan fingerprint density at radius 1 is 0.484 bits per heavy atom. The first-order valence-corrected chi connectivity index (χ1v) is 22.4. The molecule has 0 aliphatic heterocycles. The summed E-state index contributed by atoms with van der Waals surface area (Å²) in [6.45, 7) is 2.39. The van der Waals surface area contributed by atoms with Crippen LogP contribution in [0.1, 0.15) is 67.2 Å². The zero-order chi connectivity index (χ0) is 41.2. The van der Waals surface area contributed by atoms with Gasteiger partial charge in [-0.05, 0) is 129 Å². The van der Waals surface area contributed by atoms with Crippen LogP contribution in [0.25, 0.3) is 66.1 Å². The van der Waals surface area contributed by atoms with Gasteiger partial charge in [0.05, 0.1) is 5.69 Å². The molecule has 9 aromatic carbocycles. The Morgan fingerprint density at radius 3 is 1.98 bits per heavy atom. The van der Waals surface area contributed by atoms with Crippen molar-refractivity contribution in [1.82, 2.24) is 0 Å². The molecule has 2 aliphatic rings. The smallest absolute Gasteiger partial charge is 0.135 e. The maximum absolute atomic E-state index is 6.36. The molecule has 62 heavy (non-hydrogen) atoms. The summed E-state index contributed by atoms with van der Waals surface area (Å²) in [4.78, 5) is 2.46. The summed E-state index contributed by atoms with van der Waals surface area (Å²) in [7, 11) is 0. The summed E-state index contributed by atoms with van der Waals surface area (Å²) < 4.78 is 6.36. The third-order valence-corrected chi connectivity index (χ3v) is 14.2. The Kier molecular flexibility index (Phi) is 8.74. The highest BCUT2D eigenvalue weighted by Crippen LogP contribution is 2.55. The van der Waals surface area contributed by atoms with E-state index in [0.29, 0.717) is 5.92 Å². The standard InChI is InChI=1S/C60H47NO/c1-60(43-21-6-3-7-22-43)53-29-11-8-25-51(53)59-47(27-16-30-54(59)60)41-33-35-44(36-34-41)61(45-37-38-57-52(39-45)49-24-10-13-32-56(49)62-57)55-31-12-9-23-48(55)50-28-15-20-42-19-14-26-46(58(42)50)40-17-4-2-5-18-40/h3,6-16,19-40H,2,4-5,17-18H2,1H3. The number of anilines is 3. The molecular formula is C60H47NO. The van der Waals surface area contributed by atoms with Crippen LogP contribution in [0.15, 0.2) is 205 Å². The minimum atomic E-state index is -0.252. The Hall–Kier alpha value is -7.16. The Balaban J connectivity index is 1.04. The van der Waals surface area contributed by atoms with Gasteiger partial charge in [0.1, 0.15) is 11.2 Å². The van der Waals surface area contributed by atoms with Crippen LogP contribution in [-0.4, -0.2) is 0 Å². The molecule has 0 spiro atoms. The molecule has 2 heteroatoms. The quantitative estimate of drug-likeness (QED) is 0.160. The van der Waals surface area contributed by atoms with Gasteiger partial charge in [-0.15, -0.1) is 0 Å². The van der Waals surface area contributed by atoms with E-state index in [1.54, 1.807) is 0 Å². The number of para-hydroxylation sites is 2. The molecule has 1 aromatic heterocycles. The van der Waals surface area contributed by atoms with Gasteiger partial charge in [0.15, 0.2) is 0 Å². The van der Waals surface area contributed by atoms with Crippen LogP contribution in [0.4, 0.5) is 17.1 Å². The van der Waals surface area contributed by atoms with Crippen molar-refractivity contribution in [3.63, 3.8) is 0 Å². The third-order valence-electron chi connectivity index (χ3n) is 14.2. The van der Waals surface area contributed by atoms with E-state index in [9.17, 15) is 0 Å². The molecule has 0 saturated heterocycles. The fourth-order valence-electron chi connectivity index (χ4n) is 11.2. The van der Waals surface area contributed by atoms with E-state index >= 15 is 0 Å². The number of hydrogen-bond donors (Lipinski definition) is 0. The van der Waals surface area contributed by atoms with Crippen LogP contribution in [0.5, 0.6) is 0 Å². The van der Waals surface area contributed by atoms with E-state index in [4.69, 9.17) is 4.42 Å². The molecular weight excluding hydrogens is 751 g/mol. The van der Waals surface area contributed by atoms with Crippen LogP contribution in [-0.2, 0) is 5.41 Å².